The SMILES string of the molecule is CC(C)C1NCCC1Cn1cc(NCc2ccccc2-n2cccn2)cn1. The lowest BCUT2D eigenvalue weighted by Gasteiger charge is -2.23. The summed E-state index contributed by atoms with van der Waals surface area (Å²) < 4.78 is 3.98. The summed E-state index contributed by atoms with van der Waals surface area (Å²) in [6.07, 6.45) is 9.03. The van der Waals surface area contributed by atoms with Crippen LogP contribution in [0.4, 0.5) is 5.69 Å². The minimum Gasteiger partial charge on any atom is -0.378 e. The van der Waals surface area contributed by atoms with Gasteiger partial charge in [0.1, 0.15) is 0 Å². The molecule has 3 aromatic rings. The molecule has 2 aromatic heterocycles. The summed E-state index contributed by atoms with van der Waals surface area (Å²) in [6, 6.07) is 10.9. The van der Waals surface area contributed by atoms with E-state index >= 15 is 0 Å². The molecular formula is C21H28N6. The summed E-state index contributed by atoms with van der Waals surface area (Å²) >= 11 is 0. The van der Waals surface area contributed by atoms with Crippen molar-refractivity contribution in [3.8, 4) is 5.69 Å². The third-order valence-electron chi connectivity index (χ3n) is 5.40. The minimum absolute atomic E-state index is 0.589. The Bertz CT molecular complexity index is 851. The van der Waals surface area contributed by atoms with Crippen LogP contribution in [0.3, 0.4) is 0 Å². The zero-order valence-electron chi connectivity index (χ0n) is 16.0. The number of para-hydroxylation sites is 1. The van der Waals surface area contributed by atoms with Crippen molar-refractivity contribution in [1.82, 2.24) is 24.9 Å². The quantitative estimate of drug-likeness (QED) is 0.675. The first kappa shape index (κ1) is 17.8. The maximum Gasteiger partial charge on any atom is 0.0729 e. The summed E-state index contributed by atoms with van der Waals surface area (Å²) in [4.78, 5) is 0. The van der Waals surface area contributed by atoms with E-state index in [2.05, 4.69) is 63.8 Å². The van der Waals surface area contributed by atoms with Crippen LogP contribution in [0, 0.1) is 11.8 Å². The lowest BCUT2D eigenvalue weighted by molar-refractivity contribution is 0.311. The highest BCUT2D eigenvalue weighted by atomic mass is 15.3. The van der Waals surface area contributed by atoms with Gasteiger partial charge in [0.15, 0.2) is 0 Å². The maximum absolute atomic E-state index is 4.57. The van der Waals surface area contributed by atoms with Crippen molar-refractivity contribution in [2.24, 2.45) is 11.8 Å². The highest BCUT2D eigenvalue weighted by Crippen LogP contribution is 2.24. The van der Waals surface area contributed by atoms with Crippen molar-refractivity contribution in [1.29, 1.82) is 0 Å². The number of rotatable bonds is 7. The first-order valence-electron chi connectivity index (χ1n) is 9.78. The topological polar surface area (TPSA) is 59.7 Å². The molecule has 6 nitrogen and oxygen atoms in total. The lowest BCUT2D eigenvalue weighted by atomic mass is 9.92. The van der Waals surface area contributed by atoms with Crippen LogP contribution in [0.15, 0.2) is 55.1 Å². The zero-order chi connectivity index (χ0) is 18.6. The van der Waals surface area contributed by atoms with Crippen LogP contribution in [0.2, 0.25) is 0 Å². The second-order valence-corrected chi connectivity index (χ2v) is 7.66. The van der Waals surface area contributed by atoms with E-state index in [0.717, 1.165) is 31.0 Å². The summed E-state index contributed by atoms with van der Waals surface area (Å²) in [6.45, 7) is 7.42. The van der Waals surface area contributed by atoms with Gasteiger partial charge in [-0.2, -0.15) is 10.2 Å². The first-order chi connectivity index (χ1) is 13.2. The summed E-state index contributed by atoms with van der Waals surface area (Å²) in [7, 11) is 0. The number of hydrogen-bond acceptors (Lipinski definition) is 4. The van der Waals surface area contributed by atoms with Gasteiger partial charge in [0.25, 0.3) is 0 Å². The van der Waals surface area contributed by atoms with Crippen molar-refractivity contribution in [3.63, 3.8) is 0 Å². The van der Waals surface area contributed by atoms with E-state index in [9.17, 15) is 0 Å². The molecule has 6 heteroatoms. The zero-order valence-corrected chi connectivity index (χ0v) is 16.0. The average Bonchev–Trinajstić information content (AvgIpc) is 3.42. The smallest absolute Gasteiger partial charge is 0.0729 e. The maximum atomic E-state index is 4.57. The largest absolute Gasteiger partial charge is 0.378 e. The standard InChI is InChI=1S/C21H28N6/c1-16(2)21-18(8-10-22-21)14-26-15-19(13-25-26)23-12-17-6-3-4-7-20(17)27-11-5-9-24-27/h3-7,9,11,13,15-16,18,21-23H,8,10,12,14H2,1-2H3. The molecule has 2 unspecified atom stereocenters. The predicted octanol–water partition coefficient (Wildman–Crippen LogP) is 3.32. The van der Waals surface area contributed by atoms with Gasteiger partial charge >= 0.3 is 0 Å². The van der Waals surface area contributed by atoms with Gasteiger partial charge in [-0.1, -0.05) is 32.0 Å². The fraction of sp³-hybridized carbons (Fsp3) is 0.429. The van der Waals surface area contributed by atoms with Gasteiger partial charge in [-0.15, -0.1) is 0 Å². The van der Waals surface area contributed by atoms with Crippen LogP contribution in [0.25, 0.3) is 5.69 Å². The second-order valence-electron chi connectivity index (χ2n) is 7.66. The van der Waals surface area contributed by atoms with Gasteiger partial charge in [-0.3, -0.25) is 4.68 Å². The fourth-order valence-corrected chi connectivity index (χ4v) is 4.05. The van der Waals surface area contributed by atoms with Gasteiger partial charge < -0.3 is 10.6 Å². The molecule has 0 amide bonds. The van der Waals surface area contributed by atoms with Gasteiger partial charge in [-0.25, -0.2) is 4.68 Å². The van der Waals surface area contributed by atoms with Crippen molar-refractivity contribution in [3.05, 3.63) is 60.7 Å². The number of benzene rings is 1. The van der Waals surface area contributed by atoms with Crippen molar-refractivity contribution >= 4 is 5.69 Å². The van der Waals surface area contributed by atoms with Crippen LogP contribution in [-0.2, 0) is 13.1 Å². The number of nitrogens with zero attached hydrogens (tertiary/aromatic N) is 4. The predicted molar refractivity (Wildman–Crippen MR) is 108 cm³/mol. The highest BCUT2D eigenvalue weighted by molar-refractivity contribution is 5.45. The average molecular weight is 364 g/mol. The number of nitrogens with one attached hydrogen (secondary N) is 2. The summed E-state index contributed by atoms with van der Waals surface area (Å²) in [5.41, 5.74) is 3.35. The Morgan fingerprint density at radius 3 is 2.93 bits per heavy atom. The minimum atomic E-state index is 0.589. The molecule has 27 heavy (non-hydrogen) atoms. The Hall–Kier alpha value is -2.60. The van der Waals surface area contributed by atoms with Gasteiger partial charge in [0.05, 0.1) is 17.6 Å². The fourth-order valence-electron chi connectivity index (χ4n) is 4.05. The Morgan fingerprint density at radius 2 is 2.11 bits per heavy atom. The molecule has 142 valence electrons. The Balaban J connectivity index is 1.39. The van der Waals surface area contributed by atoms with Crippen molar-refractivity contribution < 1.29 is 0 Å². The molecule has 1 aliphatic rings. The number of aromatic nitrogens is 4. The van der Waals surface area contributed by atoms with Crippen LogP contribution in [0.5, 0.6) is 0 Å². The van der Waals surface area contributed by atoms with Crippen molar-refractivity contribution in [2.75, 3.05) is 11.9 Å². The molecule has 2 atom stereocenters. The van der Waals surface area contributed by atoms with E-state index in [1.165, 1.54) is 12.0 Å². The normalized spacial score (nSPS) is 19.7. The molecule has 1 aromatic carbocycles. The van der Waals surface area contributed by atoms with E-state index < -0.39 is 0 Å². The molecule has 0 spiro atoms. The number of hydrogen-bond donors (Lipinski definition) is 2. The van der Waals surface area contributed by atoms with E-state index in [1.54, 1.807) is 6.20 Å². The molecule has 0 radical (unpaired) electrons. The van der Waals surface area contributed by atoms with Crippen LogP contribution in [0.1, 0.15) is 25.8 Å². The molecule has 1 aliphatic heterocycles. The molecule has 2 N–H and O–H groups in total. The monoisotopic (exact) mass is 364 g/mol. The Kier molecular flexibility index (Phi) is 5.25. The molecule has 0 aliphatic carbocycles. The summed E-state index contributed by atoms with van der Waals surface area (Å²) in [5, 5.41) is 16.1. The summed E-state index contributed by atoms with van der Waals surface area (Å²) in [5.74, 6) is 1.31. The molecule has 0 saturated carbocycles. The van der Waals surface area contributed by atoms with Crippen LogP contribution >= 0.6 is 0 Å². The Morgan fingerprint density at radius 1 is 1.22 bits per heavy atom. The third kappa shape index (κ3) is 4.06. The Labute approximate surface area is 160 Å². The van der Waals surface area contributed by atoms with Crippen LogP contribution < -0.4 is 10.6 Å². The molecule has 1 fully saturated rings. The van der Waals surface area contributed by atoms with E-state index in [1.807, 2.05) is 29.2 Å². The third-order valence-corrected chi connectivity index (χ3v) is 5.40. The lowest BCUT2D eigenvalue weighted by Crippen LogP contribution is -2.34. The first-order valence-corrected chi connectivity index (χ1v) is 9.78. The van der Waals surface area contributed by atoms with Gasteiger partial charge in [0.2, 0.25) is 0 Å². The highest BCUT2D eigenvalue weighted by Gasteiger charge is 2.29. The van der Waals surface area contributed by atoms with E-state index in [-0.39, 0.29) is 0 Å². The molecule has 4 rings (SSSR count). The van der Waals surface area contributed by atoms with Crippen molar-refractivity contribution in [2.45, 2.75) is 39.4 Å². The van der Waals surface area contributed by atoms with E-state index in [4.69, 9.17) is 0 Å². The molecular weight excluding hydrogens is 336 g/mol. The molecule has 3 heterocycles. The van der Waals surface area contributed by atoms with Gasteiger partial charge in [-0.05, 0) is 42.5 Å². The second kappa shape index (κ2) is 7.96. The van der Waals surface area contributed by atoms with Crippen LogP contribution in [-0.4, -0.2) is 32.1 Å². The molecule has 1 saturated heterocycles. The molecule has 0 bridgehead atoms. The van der Waals surface area contributed by atoms with E-state index in [0.29, 0.717) is 17.9 Å². The number of anilines is 1. The van der Waals surface area contributed by atoms with Gasteiger partial charge in [0, 0.05) is 37.7 Å².